The SMILES string of the molecule is CCn1c(-c2ccccc2)c(C(=O)CSc2nc(N)nc(N)n2)c2ccccc21. The Labute approximate surface area is 172 Å². The van der Waals surface area contributed by atoms with Crippen LogP contribution in [0.4, 0.5) is 11.9 Å². The van der Waals surface area contributed by atoms with Crippen LogP contribution in [0.3, 0.4) is 0 Å². The average molecular weight is 404 g/mol. The average Bonchev–Trinajstić information content (AvgIpc) is 3.06. The van der Waals surface area contributed by atoms with Gasteiger partial charge < -0.3 is 16.0 Å². The first-order valence-electron chi connectivity index (χ1n) is 9.18. The van der Waals surface area contributed by atoms with Crippen LogP contribution in [0.25, 0.3) is 22.2 Å². The molecule has 0 aliphatic heterocycles. The fourth-order valence-electron chi connectivity index (χ4n) is 3.47. The molecule has 29 heavy (non-hydrogen) atoms. The number of nitrogens with two attached hydrogens (primary N) is 2. The van der Waals surface area contributed by atoms with Crippen LogP contribution < -0.4 is 11.5 Å². The number of hydrogen-bond donors (Lipinski definition) is 2. The molecule has 0 radical (unpaired) electrons. The van der Waals surface area contributed by atoms with Crippen LogP contribution >= 0.6 is 11.8 Å². The van der Waals surface area contributed by atoms with Gasteiger partial charge in [-0.2, -0.15) is 15.0 Å². The number of aryl methyl sites for hydroxylation is 1. The van der Waals surface area contributed by atoms with E-state index in [2.05, 4.69) is 26.4 Å². The Hall–Kier alpha value is -3.39. The van der Waals surface area contributed by atoms with Gasteiger partial charge in [0.2, 0.25) is 11.9 Å². The number of fused-ring (bicyclic) bond motifs is 1. The Kier molecular flexibility index (Phi) is 5.18. The van der Waals surface area contributed by atoms with Crippen LogP contribution in [-0.4, -0.2) is 31.1 Å². The van der Waals surface area contributed by atoms with E-state index >= 15 is 0 Å². The van der Waals surface area contributed by atoms with Gasteiger partial charge in [0.15, 0.2) is 10.9 Å². The monoisotopic (exact) mass is 404 g/mol. The predicted octanol–water partition coefficient (Wildman–Crippen LogP) is 3.65. The summed E-state index contributed by atoms with van der Waals surface area (Å²) in [6.45, 7) is 2.84. The zero-order valence-electron chi connectivity index (χ0n) is 15.9. The first kappa shape index (κ1) is 18.9. The van der Waals surface area contributed by atoms with Crippen molar-refractivity contribution in [2.45, 2.75) is 18.6 Å². The standard InChI is InChI=1S/C21H20N6OS/c1-2-27-15-11-7-6-10-14(15)17(18(27)13-8-4-3-5-9-13)16(28)12-29-21-25-19(22)24-20(23)26-21/h3-11H,2,12H2,1H3,(H4,22,23,24,25,26). The highest BCUT2D eigenvalue weighted by molar-refractivity contribution is 7.99. The Bertz CT molecular complexity index is 1170. The minimum Gasteiger partial charge on any atom is -0.368 e. The molecule has 0 unspecified atom stereocenters. The largest absolute Gasteiger partial charge is 0.368 e. The van der Waals surface area contributed by atoms with Crippen molar-refractivity contribution in [1.82, 2.24) is 19.5 Å². The highest BCUT2D eigenvalue weighted by Crippen LogP contribution is 2.35. The zero-order chi connectivity index (χ0) is 20.4. The van der Waals surface area contributed by atoms with Gasteiger partial charge in [0.1, 0.15) is 0 Å². The maximum atomic E-state index is 13.4. The van der Waals surface area contributed by atoms with Gasteiger partial charge in [0.05, 0.1) is 17.0 Å². The third-order valence-corrected chi connectivity index (χ3v) is 5.44. The van der Waals surface area contributed by atoms with Gasteiger partial charge in [-0.3, -0.25) is 4.79 Å². The lowest BCUT2D eigenvalue weighted by atomic mass is 10.0. The Morgan fingerprint density at radius 2 is 1.62 bits per heavy atom. The summed E-state index contributed by atoms with van der Waals surface area (Å²) in [5, 5.41) is 1.28. The third kappa shape index (κ3) is 3.66. The summed E-state index contributed by atoms with van der Waals surface area (Å²) in [6, 6.07) is 18.0. The van der Waals surface area contributed by atoms with Gasteiger partial charge in [-0.1, -0.05) is 60.3 Å². The number of para-hydroxylation sites is 1. The molecule has 7 nitrogen and oxygen atoms in total. The summed E-state index contributed by atoms with van der Waals surface area (Å²) in [4.78, 5) is 25.2. The fraction of sp³-hybridized carbons (Fsp3) is 0.143. The van der Waals surface area contributed by atoms with Crippen molar-refractivity contribution >= 4 is 40.3 Å². The van der Waals surface area contributed by atoms with Gasteiger partial charge in [-0.05, 0) is 18.6 Å². The molecule has 0 aliphatic carbocycles. The van der Waals surface area contributed by atoms with Crippen LogP contribution in [0.1, 0.15) is 17.3 Å². The molecule has 0 fully saturated rings. The van der Waals surface area contributed by atoms with Crippen LogP contribution in [0.15, 0.2) is 59.8 Å². The van der Waals surface area contributed by atoms with Crippen LogP contribution in [0, 0.1) is 0 Å². The first-order chi connectivity index (χ1) is 14.1. The Morgan fingerprint density at radius 1 is 0.966 bits per heavy atom. The highest BCUT2D eigenvalue weighted by Gasteiger charge is 2.23. The van der Waals surface area contributed by atoms with Gasteiger partial charge in [0.25, 0.3) is 0 Å². The molecule has 0 spiro atoms. The molecule has 0 saturated carbocycles. The van der Waals surface area contributed by atoms with E-state index in [0.717, 1.165) is 28.7 Å². The molecule has 8 heteroatoms. The number of Topliss-reactive ketones (excluding diaryl/α,β-unsaturated/α-hetero) is 1. The van der Waals surface area contributed by atoms with E-state index in [-0.39, 0.29) is 23.4 Å². The lowest BCUT2D eigenvalue weighted by Crippen LogP contribution is -2.08. The molecular formula is C21H20N6OS. The molecule has 4 rings (SSSR count). The van der Waals surface area contributed by atoms with Crippen LogP contribution in [-0.2, 0) is 6.54 Å². The zero-order valence-corrected chi connectivity index (χ0v) is 16.7. The van der Waals surface area contributed by atoms with E-state index < -0.39 is 0 Å². The topological polar surface area (TPSA) is 113 Å². The first-order valence-corrected chi connectivity index (χ1v) is 10.2. The van der Waals surface area contributed by atoms with Crippen molar-refractivity contribution < 1.29 is 4.79 Å². The smallest absolute Gasteiger partial charge is 0.225 e. The van der Waals surface area contributed by atoms with Crippen LogP contribution in [0.2, 0.25) is 0 Å². The highest BCUT2D eigenvalue weighted by atomic mass is 32.2. The molecule has 4 aromatic rings. The number of aromatic nitrogens is 4. The van der Waals surface area contributed by atoms with E-state index in [9.17, 15) is 4.79 Å². The van der Waals surface area contributed by atoms with Crippen molar-refractivity contribution in [3.8, 4) is 11.3 Å². The number of hydrogen-bond acceptors (Lipinski definition) is 7. The van der Waals surface area contributed by atoms with E-state index in [0.29, 0.717) is 10.7 Å². The molecule has 4 N–H and O–H groups in total. The van der Waals surface area contributed by atoms with Crippen molar-refractivity contribution in [3.05, 3.63) is 60.2 Å². The molecule has 0 saturated heterocycles. The van der Waals surface area contributed by atoms with E-state index in [1.54, 1.807) is 0 Å². The molecule has 2 heterocycles. The summed E-state index contributed by atoms with van der Waals surface area (Å²) < 4.78 is 2.18. The Morgan fingerprint density at radius 3 is 2.31 bits per heavy atom. The predicted molar refractivity (Wildman–Crippen MR) is 117 cm³/mol. The second-order valence-electron chi connectivity index (χ2n) is 6.40. The summed E-state index contributed by atoms with van der Waals surface area (Å²) in [6.07, 6.45) is 0. The van der Waals surface area contributed by atoms with Crippen molar-refractivity contribution in [1.29, 1.82) is 0 Å². The van der Waals surface area contributed by atoms with Gasteiger partial charge >= 0.3 is 0 Å². The molecular weight excluding hydrogens is 384 g/mol. The number of thioether (sulfide) groups is 1. The van der Waals surface area contributed by atoms with E-state index in [4.69, 9.17) is 11.5 Å². The van der Waals surface area contributed by atoms with Crippen molar-refractivity contribution in [3.63, 3.8) is 0 Å². The minimum absolute atomic E-state index is 0.00481. The maximum Gasteiger partial charge on any atom is 0.225 e. The minimum atomic E-state index is -0.00481. The van der Waals surface area contributed by atoms with E-state index in [1.807, 2.05) is 54.6 Å². The molecule has 0 bridgehead atoms. The molecule has 0 amide bonds. The lowest BCUT2D eigenvalue weighted by molar-refractivity contribution is 0.102. The van der Waals surface area contributed by atoms with Gasteiger partial charge in [-0.15, -0.1) is 0 Å². The van der Waals surface area contributed by atoms with Crippen molar-refractivity contribution in [2.24, 2.45) is 0 Å². The second-order valence-corrected chi connectivity index (χ2v) is 7.34. The lowest BCUT2D eigenvalue weighted by Gasteiger charge is -2.10. The Balaban J connectivity index is 1.78. The number of nitrogen functional groups attached to an aromatic ring is 2. The molecule has 0 aliphatic rings. The number of rotatable bonds is 6. The number of nitrogens with zero attached hydrogens (tertiary/aromatic N) is 4. The van der Waals surface area contributed by atoms with Gasteiger partial charge in [0, 0.05) is 17.4 Å². The number of benzene rings is 2. The number of anilines is 2. The molecule has 2 aromatic heterocycles. The maximum absolute atomic E-state index is 13.4. The second kappa shape index (κ2) is 7.92. The van der Waals surface area contributed by atoms with E-state index in [1.165, 1.54) is 11.8 Å². The normalized spacial score (nSPS) is 11.1. The third-order valence-electron chi connectivity index (χ3n) is 4.60. The molecule has 0 atom stereocenters. The van der Waals surface area contributed by atoms with Crippen molar-refractivity contribution in [2.75, 3.05) is 17.2 Å². The summed E-state index contributed by atoms with van der Waals surface area (Å²) in [5.41, 5.74) is 14.9. The number of carbonyl (C=O) groups excluding carboxylic acids is 1. The van der Waals surface area contributed by atoms with Crippen LogP contribution in [0.5, 0.6) is 0 Å². The number of ketones is 1. The quantitative estimate of drug-likeness (QED) is 0.372. The fourth-order valence-corrected chi connectivity index (χ4v) is 4.19. The number of carbonyl (C=O) groups is 1. The summed E-state index contributed by atoms with van der Waals surface area (Å²) in [5.74, 6) is 0.246. The van der Waals surface area contributed by atoms with Gasteiger partial charge in [-0.25, -0.2) is 0 Å². The summed E-state index contributed by atoms with van der Waals surface area (Å²) >= 11 is 1.20. The molecule has 146 valence electrons. The molecule has 2 aromatic carbocycles. The summed E-state index contributed by atoms with van der Waals surface area (Å²) in [7, 11) is 0.